The van der Waals surface area contributed by atoms with Crippen LogP contribution < -0.4 is 11.1 Å². The molecule has 0 spiro atoms. The highest BCUT2D eigenvalue weighted by Gasteiger charge is 2.46. The number of carbonyl (C=O) groups is 1. The number of benzene rings is 2. The van der Waals surface area contributed by atoms with Gasteiger partial charge in [-0.05, 0) is 42.8 Å². The van der Waals surface area contributed by atoms with E-state index in [1.54, 1.807) is 0 Å². The number of carbonyl (C=O) groups excluding carboxylic acids is 1. The summed E-state index contributed by atoms with van der Waals surface area (Å²) >= 11 is 0.496. The van der Waals surface area contributed by atoms with Crippen molar-refractivity contribution in [3.05, 3.63) is 58.7 Å². The fourth-order valence-corrected chi connectivity index (χ4v) is 4.73. The Balaban J connectivity index is 2.19. The lowest BCUT2D eigenvalue weighted by Gasteiger charge is -2.29. The van der Waals surface area contributed by atoms with E-state index in [1.165, 1.54) is 36.1 Å². The van der Waals surface area contributed by atoms with E-state index in [-0.39, 0.29) is 23.7 Å². The van der Waals surface area contributed by atoms with Crippen LogP contribution in [0.1, 0.15) is 23.6 Å². The largest absolute Gasteiger partial charge is 0.418 e. The number of hydrogen-bond acceptors (Lipinski definition) is 5. The molecular weight excluding hydrogens is 496 g/mol. The topological polar surface area (TPSA) is 78.6 Å². The molecule has 12 heteroatoms. The monoisotopic (exact) mass is 519 g/mol. The van der Waals surface area contributed by atoms with Crippen molar-refractivity contribution in [1.29, 1.82) is 0 Å². The molecule has 1 amide bonds. The van der Waals surface area contributed by atoms with Crippen molar-refractivity contribution >= 4 is 29.4 Å². The molecule has 4 N–H and O–H groups in total. The highest BCUT2D eigenvalue weighted by Crippen LogP contribution is 2.48. The molecule has 3 rings (SSSR count). The van der Waals surface area contributed by atoms with E-state index >= 15 is 0 Å². The van der Waals surface area contributed by atoms with Gasteiger partial charge in [-0.1, -0.05) is 23.9 Å². The molecule has 1 heterocycles. The van der Waals surface area contributed by atoms with Crippen LogP contribution in [0, 0.1) is 0 Å². The van der Waals surface area contributed by atoms with Crippen molar-refractivity contribution in [2.24, 2.45) is 0 Å². The molecule has 0 aromatic heterocycles. The first-order valence-electron chi connectivity index (χ1n) is 10.5. The van der Waals surface area contributed by atoms with Crippen molar-refractivity contribution < 1.29 is 36.2 Å². The van der Waals surface area contributed by atoms with Crippen molar-refractivity contribution in [2.45, 2.75) is 35.2 Å². The van der Waals surface area contributed by atoms with Crippen LogP contribution in [-0.4, -0.2) is 48.2 Å². The third kappa shape index (κ3) is 6.50. The molecule has 1 aliphatic heterocycles. The molecule has 1 aliphatic rings. The number of nitrogens with one attached hydrogen (secondary N) is 1. The van der Waals surface area contributed by atoms with E-state index in [0.29, 0.717) is 30.9 Å². The molecule has 1 atom stereocenters. The second kappa shape index (κ2) is 10.5. The van der Waals surface area contributed by atoms with Crippen LogP contribution in [0.15, 0.2) is 51.8 Å². The zero-order chi connectivity index (χ0) is 26.0. The van der Waals surface area contributed by atoms with Crippen molar-refractivity contribution in [3.63, 3.8) is 0 Å². The predicted molar refractivity (Wildman–Crippen MR) is 121 cm³/mol. The van der Waals surface area contributed by atoms with Crippen LogP contribution in [0.5, 0.6) is 0 Å². The van der Waals surface area contributed by atoms with E-state index in [4.69, 9.17) is 5.73 Å². The predicted octanol–water partition coefficient (Wildman–Crippen LogP) is 4.65. The Morgan fingerprint density at radius 3 is 2.26 bits per heavy atom. The first kappa shape index (κ1) is 26.9. The fraction of sp³-hybridized carbons (Fsp3) is 0.348. The summed E-state index contributed by atoms with van der Waals surface area (Å²) in [6, 6.07) is 7.55. The van der Waals surface area contributed by atoms with Crippen LogP contribution in [0.2, 0.25) is 0 Å². The molecule has 0 aliphatic carbocycles. The van der Waals surface area contributed by atoms with Gasteiger partial charge >= 0.3 is 12.4 Å². The minimum absolute atomic E-state index is 0.227. The van der Waals surface area contributed by atoms with E-state index in [0.717, 1.165) is 12.1 Å². The number of rotatable bonds is 5. The number of nitrogens with two attached hydrogens (primary N) is 1. The average molecular weight is 520 g/mol. The first-order chi connectivity index (χ1) is 16.3. The normalized spacial score (nSPS) is 16.3. The van der Waals surface area contributed by atoms with Crippen molar-refractivity contribution in [1.82, 2.24) is 10.2 Å². The van der Waals surface area contributed by atoms with Crippen LogP contribution in [0.3, 0.4) is 0 Å². The maximum atomic E-state index is 14.1. The zero-order valence-electron chi connectivity index (χ0n) is 18.5. The molecule has 1 unspecified atom stereocenters. The summed E-state index contributed by atoms with van der Waals surface area (Å²) in [7, 11) is 0. The summed E-state index contributed by atoms with van der Waals surface area (Å²) in [6.45, 7) is 2.56. The van der Waals surface area contributed by atoms with E-state index < -0.39 is 51.5 Å². The average Bonchev–Trinajstić information content (AvgIpc) is 2.76. The van der Waals surface area contributed by atoms with Gasteiger partial charge in [-0.2, -0.15) is 26.3 Å². The summed E-state index contributed by atoms with van der Waals surface area (Å²) in [6.07, 6.45) is -11.6. The number of piperazine rings is 1. The third-order valence-electron chi connectivity index (χ3n) is 5.26. The Kier molecular flexibility index (Phi) is 8.07. The molecule has 35 heavy (non-hydrogen) atoms. The highest BCUT2D eigenvalue weighted by molar-refractivity contribution is 7.99. The van der Waals surface area contributed by atoms with E-state index in [2.05, 4.69) is 5.32 Å². The number of nitrogen functional groups attached to an aromatic ring is 1. The molecular formula is C23H23F6N3O2S. The molecule has 5 nitrogen and oxygen atoms in total. The molecule has 0 bridgehead atoms. The quantitative estimate of drug-likeness (QED) is 0.305. The van der Waals surface area contributed by atoms with E-state index in [1.807, 2.05) is 0 Å². The van der Waals surface area contributed by atoms with E-state index in [9.17, 15) is 36.2 Å². The van der Waals surface area contributed by atoms with Crippen LogP contribution in [0.4, 0.5) is 32.0 Å². The Morgan fingerprint density at radius 1 is 1.09 bits per heavy atom. The van der Waals surface area contributed by atoms with Gasteiger partial charge in [0.15, 0.2) is 0 Å². The summed E-state index contributed by atoms with van der Waals surface area (Å²) < 4.78 is 84.5. The number of halogens is 6. The zero-order valence-corrected chi connectivity index (χ0v) is 19.3. The molecule has 2 aromatic carbocycles. The molecule has 1 fully saturated rings. The lowest BCUT2D eigenvalue weighted by Crippen LogP contribution is -2.47. The van der Waals surface area contributed by atoms with Gasteiger partial charge in [-0.15, -0.1) is 0 Å². The lowest BCUT2D eigenvalue weighted by atomic mass is 9.96. The van der Waals surface area contributed by atoms with Gasteiger partial charge in [0.25, 0.3) is 5.91 Å². The maximum absolute atomic E-state index is 14.1. The Labute approximate surface area is 202 Å². The third-order valence-corrected chi connectivity index (χ3v) is 6.31. The highest BCUT2D eigenvalue weighted by atomic mass is 32.2. The van der Waals surface area contributed by atoms with Gasteiger partial charge in [0.05, 0.1) is 17.2 Å². The molecule has 0 saturated carbocycles. The SMILES string of the molecule is CC(O)C(=Cc1ccc(Sc2cccc(N)c2)c(C(F)(F)F)c1C(F)(F)F)C(=O)N1CCNCC1. The summed E-state index contributed by atoms with van der Waals surface area (Å²) in [5.74, 6) is -0.735. The number of aliphatic hydroxyl groups excluding tert-OH is 1. The number of anilines is 1. The standard InChI is InChI=1S/C23H23F6N3O2S/c1-13(33)17(21(34)32-9-7-31-8-10-32)11-14-5-6-18(35-16-4-2-3-15(30)12-16)20(23(27,28)29)19(14)22(24,25)26/h2-6,11-13,31,33H,7-10,30H2,1H3. The maximum Gasteiger partial charge on any atom is 0.418 e. The van der Waals surface area contributed by atoms with Gasteiger partial charge in [0.2, 0.25) is 0 Å². The van der Waals surface area contributed by atoms with Crippen LogP contribution >= 0.6 is 11.8 Å². The molecule has 190 valence electrons. The van der Waals surface area contributed by atoms with Crippen molar-refractivity contribution in [3.8, 4) is 0 Å². The Hall–Kier alpha value is -2.70. The Morgan fingerprint density at radius 2 is 1.71 bits per heavy atom. The molecule has 0 radical (unpaired) electrons. The lowest BCUT2D eigenvalue weighted by molar-refractivity contribution is -0.163. The van der Waals surface area contributed by atoms with Crippen molar-refractivity contribution in [2.75, 3.05) is 31.9 Å². The van der Waals surface area contributed by atoms with Crippen LogP contribution in [0.25, 0.3) is 6.08 Å². The van der Waals surface area contributed by atoms with Gasteiger partial charge in [0.1, 0.15) is 0 Å². The van der Waals surface area contributed by atoms with Gasteiger partial charge in [-0.3, -0.25) is 4.79 Å². The number of nitrogens with zero attached hydrogens (tertiary/aromatic N) is 1. The second-order valence-electron chi connectivity index (χ2n) is 7.89. The van der Waals surface area contributed by atoms with Crippen LogP contribution in [-0.2, 0) is 17.1 Å². The Bertz CT molecular complexity index is 1110. The fourth-order valence-electron chi connectivity index (χ4n) is 3.68. The minimum Gasteiger partial charge on any atom is -0.399 e. The summed E-state index contributed by atoms with van der Waals surface area (Å²) in [5, 5.41) is 13.1. The van der Waals surface area contributed by atoms with Gasteiger partial charge in [-0.25, -0.2) is 0 Å². The molecule has 2 aromatic rings. The summed E-state index contributed by atoms with van der Waals surface area (Å²) in [5.41, 5.74) is 0.804. The van der Waals surface area contributed by atoms with Gasteiger partial charge < -0.3 is 21.1 Å². The number of amides is 1. The number of hydrogen-bond donors (Lipinski definition) is 3. The molecule has 1 saturated heterocycles. The minimum atomic E-state index is -5.40. The number of aliphatic hydroxyl groups is 1. The summed E-state index contributed by atoms with van der Waals surface area (Å²) in [4.78, 5) is 13.8. The number of alkyl halides is 6. The first-order valence-corrected chi connectivity index (χ1v) is 11.3. The van der Waals surface area contributed by atoms with Gasteiger partial charge in [0, 0.05) is 47.2 Å². The second-order valence-corrected chi connectivity index (χ2v) is 9.01. The smallest absolute Gasteiger partial charge is 0.399 e.